The molecule has 0 radical (unpaired) electrons. The number of likely N-dealkylation sites (N-methyl/N-ethyl adjacent to an activating group) is 2. The molecule has 0 saturated carbocycles. The quantitative estimate of drug-likeness (QED) is 0.751. The van der Waals surface area contributed by atoms with E-state index in [0.29, 0.717) is 17.0 Å². The number of nitrogens with one attached hydrogen (secondary N) is 1. The van der Waals surface area contributed by atoms with Crippen molar-refractivity contribution >= 4 is 0 Å². The van der Waals surface area contributed by atoms with Crippen LogP contribution in [0.4, 0.5) is 0 Å². The Morgan fingerprint density at radius 2 is 1.56 bits per heavy atom. The minimum absolute atomic E-state index is 0.291. The van der Waals surface area contributed by atoms with Crippen LogP contribution in [0, 0.1) is 5.41 Å². The first-order valence-electron chi connectivity index (χ1n) is 6.59. The van der Waals surface area contributed by atoms with E-state index in [1.807, 2.05) is 0 Å². The van der Waals surface area contributed by atoms with Crippen LogP contribution in [0.1, 0.15) is 54.9 Å². The summed E-state index contributed by atoms with van der Waals surface area (Å²) >= 11 is 0. The Morgan fingerprint density at radius 3 is 1.88 bits per heavy atom. The highest BCUT2D eigenvalue weighted by molar-refractivity contribution is 4.87. The van der Waals surface area contributed by atoms with E-state index >= 15 is 0 Å². The number of nitrogens with zero attached hydrogens (tertiary/aromatic N) is 1. The highest BCUT2D eigenvalue weighted by Gasteiger charge is 2.29. The highest BCUT2D eigenvalue weighted by atomic mass is 15.2. The molecule has 0 fully saturated rings. The average molecular weight is 228 g/mol. The van der Waals surface area contributed by atoms with Gasteiger partial charge in [-0.3, -0.25) is 4.90 Å². The molecule has 2 heteroatoms. The van der Waals surface area contributed by atoms with Gasteiger partial charge in [0.2, 0.25) is 0 Å². The summed E-state index contributed by atoms with van der Waals surface area (Å²) in [4.78, 5) is 2.48. The molecule has 0 spiro atoms. The van der Waals surface area contributed by atoms with Gasteiger partial charge in [-0.15, -0.1) is 0 Å². The zero-order valence-corrected chi connectivity index (χ0v) is 12.6. The van der Waals surface area contributed by atoms with Crippen LogP contribution in [-0.2, 0) is 0 Å². The van der Waals surface area contributed by atoms with Gasteiger partial charge in [-0.1, -0.05) is 34.6 Å². The van der Waals surface area contributed by atoms with Gasteiger partial charge in [0, 0.05) is 18.1 Å². The number of rotatable bonds is 6. The topological polar surface area (TPSA) is 15.3 Å². The molecule has 0 saturated heterocycles. The van der Waals surface area contributed by atoms with Crippen LogP contribution < -0.4 is 5.32 Å². The van der Waals surface area contributed by atoms with Gasteiger partial charge in [0.15, 0.2) is 0 Å². The summed E-state index contributed by atoms with van der Waals surface area (Å²) in [5.41, 5.74) is 0.604. The predicted octanol–water partition coefficient (Wildman–Crippen LogP) is 3.13. The van der Waals surface area contributed by atoms with Crippen molar-refractivity contribution in [2.45, 2.75) is 66.5 Å². The van der Waals surface area contributed by atoms with E-state index in [1.165, 1.54) is 6.42 Å². The Labute approximate surface area is 103 Å². The summed E-state index contributed by atoms with van der Waals surface area (Å²) < 4.78 is 0. The fourth-order valence-corrected chi connectivity index (χ4v) is 1.68. The third-order valence-corrected chi connectivity index (χ3v) is 3.85. The van der Waals surface area contributed by atoms with Crippen LogP contribution in [0.5, 0.6) is 0 Å². The molecule has 16 heavy (non-hydrogen) atoms. The molecule has 0 aliphatic rings. The lowest BCUT2D eigenvalue weighted by atomic mass is 9.85. The van der Waals surface area contributed by atoms with Gasteiger partial charge in [-0.05, 0) is 39.3 Å². The van der Waals surface area contributed by atoms with Crippen LogP contribution >= 0.6 is 0 Å². The van der Waals surface area contributed by atoms with Crippen molar-refractivity contribution in [3.05, 3.63) is 0 Å². The van der Waals surface area contributed by atoms with Crippen LogP contribution in [-0.4, -0.2) is 36.6 Å². The second kappa shape index (κ2) is 6.02. The SMILES string of the molecule is CCNC(CN(C)C(C)(C)CC)C(C)(C)C. The van der Waals surface area contributed by atoms with Crippen molar-refractivity contribution in [3.8, 4) is 0 Å². The third-order valence-electron chi connectivity index (χ3n) is 3.85. The van der Waals surface area contributed by atoms with Gasteiger partial charge in [0.25, 0.3) is 0 Å². The van der Waals surface area contributed by atoms with E-state index in [2.05, 4.69) is 65.7 Å². The maximum Gasteiger partial charge on any atom is 0.0243 e. The van der Waals surface area contributed by atoms with Crippen molar-refractivity contribution in [2.24, 2.45) is 5.41 Å². The molecule has 0 aromatic heterocycles. The summed E-state index contributed by atoms with van der Waals surface area (Å²) in [6.45, 7) is 18.2. The molecule has 1 N–H and O–H groups in total. The summed E-state index contributed by atoms with van der Waals surface area (Å²) in [5.74, 6) is 0. The Morgan fingerprint density at radius 1 is 1.06 bits per heavy atom. The van der Waals surface area contributed by atoms with Gasteiger partial charge in [0.1, 0.15) is 0 Å². The normalized spacial score (nSPS) is 15.6. The Kier molecular flexibility index (Phi) is 5.99. The van der Waals surface area contributed by atoms with E-state index in [0.717, 1.165) is 13.1 Å². The van der Waals surface area contributed by atoms with E-state index in [1.54, 1.807) is 0 Å². The minimum Gasteiger partial charge on any atom is -0.312 e. The maximum atomic E-state index is 3.61. The molecule has 98 valence electrons. The average Bonchev–Trinajstić information content (AvgIpc) is 2.15. The van der Waals surface area contributed by atoms with Gasteiger partial charge in [-0.25, -0.2) is 0 Å². The molecular formula is C14H32N2. The Hall–Kier alpha value is -0.0800. The van der Waals surface area contributed by atoms with Gasteiger partial charge >= 0.3 is 0 Å². The summed E-state index contributed by atoms with van der Waals surface area (Å²) in [5, 5.41) is 3.61. The first kappa shape index (κ1) is 15.9. The van der Waals surface area contributed by atoms with Crippen molar-refractivity contribution in [2.75, 3.05) is 20.1 Å². The monoisotopic (exact) mass is 228 g/mol. The van der Waals surface area contributed by atoms with Gasteiger partial charge in [0.05, 0.1) is 0 Å². The Bertz CT molecular complexity index is 191. The molecule has 0 heterocycles. The molecular weight excluding hydrogens is 196 g/mol. The van der Waals surface area contributed by atoms with Gasteiger partial charge in [-0.2, -0.15) is 0 Å². The van der Waals surface area contributed by atoms with E-state index in [-0.39, 0.29) is 0 Å². The number of hydrogen-bond donors (Lipinski definition) is 1. The molecule has 0 amide bonds. The predicted molar refractivity (Wildman–Crippen MR) is 73.9 cm³/mol. The second-order valence-corrected chi connectivity index (χ2v) is 6.52. The highest BCUT2D eigenvalue weighted by Crippen LogP contribution is 2.23. The first-order chi connectivity index (χ1) is 7.15. The van der Waals surface area contributed by atoms with Crippen molar-refractivity contribution in [1.29, 1.82) is 0 Å². The van der Waals surface area contributed by atoms with E-state index < -0.39 is 0 Å². The van der Waals surface area contributed by atoms with E-state index in [9.17, 15) is 0 Å². The van der Waals surface area contributed by atoms with Gasteiger partial charge < -0.3 is 5.32 Å². The van der Waals surface area contributed by atoms with Crippen LogP contribution in [0.15, 0.2) is 0 Å². The standard InChI is InChI=1S/C14H32N2/c1-9-14(6,7)16(8)11-12(15-10-2)13(3,4)5/h12,15H,9-11H2,1-8H3. The number of hydrogen-bond acceptors (Lipinski definition) is 2. The second-order valence-electron chi connectivity index (χ2n) is 6.52. The molecule has 0 bridgehead atoms. The summed E-state index contributed by atoms with van der Waals surface area (Å²) in [7, 11) is 2.24. The molecule has 1 atom stereocenters. The largest absolute Gasteiger partial charge is 0.312 e. The lowest BCUT2D eigenvalue weighted by Gasteiger charge is -2.41. The Balaban J connectivity index is 4.52. The first-order valence-corrected chi connectivity index (χ1v) is 6.59. The molecule has 0 aromatic carbocycles. The zero-order valence-electron chi connectivity index (χ0n) is 12.6. The fraction of sp³-hybridized carbons (Fsp3) is 1.00. The molecule has 0 aromatic rings. The van der Waals surface area contributed by atoms with Crippen molar-refractivity contribution < 1.29 is 0 Å². The molecule has 0 aliphatic heterocycles. The molecule has 0 rings (SSSR count). The lowest BCUT2D eigenvalue weighted by molar-refractivity contribution is 0.106. The molecule has 1 unspecified atom stereocenters. The van der Waals surface area contributed by atoms with Crippen molar-refractivity contribution in [1.82, 2.24) is 10.2 Å². The lowest BCUT2D eigenvalue weighted by Crippen LogP contribution is -2.52. The van der Waals surface area contributed by atoms with Crippen LogP contribution in [0.2, 0.25) is 0 Å². The van der Waals surface area contributed by atoms with Crippen molar-refractivity contribution in [3.63, 3.8) is 0 Å². The van der Waals surface area contributed by atoms with E-state index in [4.69, 9.17) is 0 Å². The van der Waals surface area contributed by atoms with Crippen LogP contribution in [0.25, 0.3) is 0 Å². The maximum absolute atomic E-state index is 3.61. The minimum atomic E-state index is 0.291. The smallest absolute Gasteiger partial charge is 0.0243 e. The molecule has 2 nitrogen and oxygen atoms in total. The third kappa shape index (κ3) is 4.84. The fourth-order valence-electron chi connectivity index (χ4n) is 1.68. The summed E-state index contributed by atoms with van der Waals surface area (Å²) in [6.07, 6.45) is 1.19. The van der Waals surface area contributed by atoms with Crippen LogP contribution in [0.3, 0.4) is 0 Å². The zero-order chi connectivity index (χ0) is 13.0. The summed E-state index contributed by atoms with van der Waals surface area (Å²) in [6, 6.07) is 0.549. The molecule has 0 aliphatic carbocycles.